The summed E-state index contributed by atoms with van der Waals surface area (Å²) in [6, 6.07) is 6.44. The highest BCUT2D eigenvalue weighted by atomic mass is 19.4. The Labute approximate surface area is 191 Å². The van der Waals surface area contributed by atoms with Crippen molar-refractivity contribution in [2.24, 2.45) is 0 Å². The molecule has 2 aliphatic rings. The number of rotatable bonds is 3. The molecule has 1 aromatic carbocycles. The second-order valence-corrected chi connectivity index (χ2v) is 8.37. The summed E-state index contributed by atoms with van der Waals surface area (Å²) in [5, 5.41) is 2.42. The fraction of sp³-hybridized carbons (Fsp3) is 0.500. The summed E-state index contributed by atoms with van der Waals surface area (Å²) in [5.41, 5.74) is -1.09. The van der Waals surface area contributed by atoms with Crippen molar-refractivity contribution < 1.29 is 18.0 Å². The van der Waals surface area contributed by atoms with Crippen molar-refractivity contribution in [3.05, 3.63) is 41.7 Å². The van der Waals surface area contributed by atoms with E-state index in [-0.39, 0.29) is 5.69 Å². The van der Waals surface area contributed by atoms with Crippen molar-refractivity contribution in [3.8, 4) is 0 Å². The van der Waals surface area contributed by atoms with Crippen molar-refractivity contribution >= 4 is 23.4 Å². The van der Waals surface area contributed by atoms with E-state index in [4.69, 9.17) is 0 Å². The molecular formula is C22H28F3N7O. The molecule has 0 aliphatic carbocycles. The third-order valence-corrected chi connectivity index (χ3v) is 6.00. The fourth-order valence-corrected chi connectivity index (χ4v) is 4.07. The third-order valence-electron chi connectivity index (χ3n) is 6.00. The summed E-state index contributed by atoms with van der Waals surface area (Å²) in [4.78, 5) is 29.9. The van der Waals surface area contributed by atoms with E-state index in [2.05, 4.69) is 37.0 Å². The summed E-state index contributed by atoms with van der Waals surface area (Å²) in [6.07, 6.45) is -4.53. The Balaban J connectivity index is 1.39. The van der Waals surface area contributed by atoms with Gasteiger partial charge >= 0.3 is 12.2 Å². The molecule has 4 rings (SSSR count). The first kappa shape index (κ1) is 23.1. The minimum atomic E-state index is -4.53. The number of amides is 2. The highest BCUT2D eigenvalue weighted by molar-refractivity contribution is 5.90. The molecule has 0 saturated carbocycles. The minimum absolute atomic E-state index is 0.235. The lowest BCUT2D eigenvalue weighted by molar-refractivity contribution is -0.136. The Hall–Kier alpha value is -3.08. The Morgan fingerprint density at radius 1 is 0.909 bits per heavy atom. The number of halogens is 3. The first-order chi connectivity index (χ1) is 15.7. The molecule has 0 bridgehead atoms. The van der Waals surface area contributed by atoms with E-state index >= 15 is 0 Å². The molecular weight excluding hydrogens is 435 g/mol. The van der Waals surface area contributed by atoms with Crippen molar-refractivity contribution in [3.63, 3.8) is 0 Å². The van der Waals surface area contributed by atoms with Crippen LogP contribution in [0.3, 0.4) is 0 Å². The Morgan fingerprint density at radius 3 is 2.03 bits per heavy atom. The van der Waals surface area contributed by atoms with E-state index in [0.29, 0.717) is 32.0 Å². The molecule has 178 valence electrons. The molecule has 0 atom stereocenters. The Bertz CT molecular complexity index is 984. The molecule has 11 heteroatoms. The van der Waals surface area contributed by atoms with Gasteiger partial charge in [-0.15, -0.1) is 0 Å². The topological polar surface area (TPSA) is 67.8 Å². The Kier molecular flexibility index (Phi) is 6.59. The average Bonchev–Trinajstić information content (AvgIpc) is 2.79. The van der Waals surface area contributed by atoms with Crippen LogP contribution in [-0.4, -0.2) is 85.2 Å². The summed E-state index contributed by atoms with van der Waals surface area (Å²) in [6.45, 7) is 7.46. The highest BCUT2D eigenvalue weighted by Crippen LogP contribution is 2.34. The number of hydrogen-bond donors (Lipinski definition) is 1. The number of carbonyl (C=O) groups excluding carboxylic acids is 1. The molecule has 2 fully saturated rings. The number of benzene rings is 1. The maximum absolute atomic E-state index is 13.2. The number of alkyl halides is 3. The van der Waals surface area contributed by atoms with Gasteiger partial charge in [-0.3, -0.25) is 0 Å². The smallest absolute Gasteiger partial charge is 0.354 e. The SMILES string of the molecule is Cc1nc(N2CCN(C)CC2)cc(N2CCN(C(=O)Nc3ccccc3C(F)(F)F)CC2)n1. The second kappa shape index (κ2) is 9.42. The molecule has 1 aromatic heterocycles. The number of urea groups is 1. The molecule has 2 saturated heterocycles. The van der Waals surface area contributed by atoms with Crippen LogP contribution in [-0.2, 0) is 6.18 Å². The standard InChI is InChI=1S/C22H28F3N7O/c1-16-26-19(30-9-7-29(2)8-10-30)15-20(27-16)31-11-13-32(14-12-31)21(33)28-18-6-4-3-5-17(18)22(23,24)25/h3-6,15H,7-14H2,1-2H3,(H,28,33). The maximum atomic E-state index is 13.2. The predicted molar refractivity (Wildman–Crippen MR) is 121 cm³/mol. The van der Waals surface area contributed by atoms with Gasteiger partial charge in [0.2, 0.25) is 0 Å². The number of likely N-dealkylation sites (N-methyl/N-ethyl adjacent to an activating group) is 1. The van der Waals surface area contributed by atoms with Crippen LogP contribution in [0.2, 0.25) is 0 Å². The monoisotopic (exact) mass is 463 g/mol. The van der Waals surface area contributed by atoms with Gasteiger partial charge in [0, 0.05) is 58.4 Å². The molecule has 0 radical (unpaired) electrons. The normalized spacial score (nSPS) is 17.9. The molecule has 2 amide bonds. The number of nitrogens with zero attached hydrogens (tertiary/aromatic N) is 6. The Morgan fingerprint density at radius 2 is 1.45 bits per heavy atom. The van der Waals surface area contributed by atoms with Gasteiger partial charge in [-0.25, -0.2) is 14.8 Å². The predicted octanol–water partition coefficient (Wildman–Crippen LogP) is 2.91. The van der Waals surface area contributed by atoms with E-state index in [1.807, 2.05) is 13.0 Å². The number of nitrogens with one attached hydrogen (secondary N) is 1. The number of carbonyl (C=O) groups is 1. The van der Waals surface area contributed by atoms with E-state index < -0.39 is 17.8 Å². The summed E-state index contributed by atoms with van der Waals surface area (Å²) < 4.78 is 39.6. The summed E-state index contributed by atoms with van der Waals surface area (Å²) in [5.74, 6) is 2.39. The van der Waals surface area contributed by atoms with Crippen molar-refractivity contribution in [2.75, 3.05) is 74.5 Å². The highest BCUT2D eigenvalue weighted by Gasteiger charge is 2.34. The van der Waals surface area contributed by atoms with Gasteiger partial charge in [0.15, 0.2) is 0 Å². The second-order valence-electron chi connectivity index (χ2n) is 8.37. The third kappa shape index (κ3) is 5.47. The van der Waals surface area contributed by atoms with E-state index in [0.717, 1.165) is 43.9 Å². The molecule has 0 unspecified atom stereocenters. The van der Waals surface area contributed by atoms with E-state index in [1.54, 1.807) is 0 Å². The largest absolute Gasteiger partial charge is 0.418 e. The zero-order chi connectivity index (χ0) is 23.6. The number of piperazine rings is 2. The van der Waals surface area contributed by atoms with Crippen LogP contribution in [0.5, 0.6) is 0 Å². The van der Waals surface area contributed by atoms with Gasteiger partial charge in [-0.2, -0.15) is 13.2 Å². The molecule has 0 spiro atoms. The first-order valence-corrected chi connectivity index (χ1v) is 11.0. The van der Waals surface area contributed by atoms with Gasteiger partial charge in [-0.05, 0) is 26.1 Å². The molecule has 2 aliphatic heterocycles. The van der Waals surface area contributed by atoms with Crippen molar-refractivity contribution in [1.29, 1.82) is 0 Å². The van der Waals surface area contributed by atoms with Gasteiger partial charge in [0.25, 0.3) is 0 Å². The minimum Gasteiger partial charge on any atom is -0.354 e. The van der Waals surface area contributed by atoms with Gasteiger partial charge < -0.3 is 24.9 Å². The van der Waals surface area contributed by atoms with Gasteiger partial charge in [-0.1, -0.05) is 12.1 Å². The van der Waals surface area contributed by atoms with Crippen LogP contribution >= 0.6 is 0 Å². The summed E-state index contributed by atoms with van der Waals surface area (Å²) >= 11 is 0. The number of aryl methyl sites for hydroxylation is 1. The molecule has 3 heterocycles. The van der Waals surface area contributed by atoms with E-state index in [1.165, 1.54) is 23.1 Å². The summed E-state index contributed by atoms with van der Waals surface area (Å²) in [7, 11) is 2.10. The first-order valence-electron chi connectivity index (χ1n) is 11.0. The lowest BCUT2D eigenvalue weighted by Crippen LogP contribution is -2.50. The fourth-order valence-electron chi connectivity index (χ4n) is 4.07. The quantitative estimate of drug-likeness (QED) is 0.755. The number of hydrogen-bond acceptors (Lipinski definition) is 6. The van der Waals surface area contributed by atoms with Gasteiger partial charge in [0.05, 0.1) is 11.3 Å². The lowest BCUT2D eigenvalue weighted by atomic mass is 10.1. The van der Waals surface area contributed by atoms with Crippen LogP contribution in [0.25, 0.3) is 0 Å². The van der Waals surface area contributed by atoms with Crippen LogP contribution in [0.1, 0.15) is 11.4 Å². The number of para-hydroxylation sites is 1. The molecule has 2 aromatic rings. The zero-order valence-electron chi connectivity index (χ0n) is 18.8. The molecule has 8 nitrogen and oxygen atoms in total. The van der Waals surface area contributed by atoms with Crippen LogP contribution in [0, 0.1) is 6.92 Å². The van der Waals surface area contributed by atoms with Gasteiger partial charge in [0.1, 0.15) is 17.5 Å². The van der Waals surface area contributed by atoms with Crippen LogP contribution in [0.4, 0.5) is 35.3 Å². The maximum Gasteiger partial charge on any atom is 0.418 e. The number of aromatic nitrogens is 2. The van der Waals surface area contributed by atoms with Crippen molar-refractivity contribution in [1.82, 2.24) is 19.8 Å². The van der Waals surface area contributed by atoms with Crippen molar-refractivity contribution in [2.45, 2.75) is 13.1 Å². The van der Waals surface area contributed by atoms with Crippen LogP contribution in [0.15, 0.2) is 30.3 Å². The molecule has 1 N–H and O–H groups in total. The molecule has 33 heavy (non-hydrogen) atoms. The van der Waals surface area contributed by atoms with Crippen LogP contribution < -0.4 is 15.1 Å². The number of anilines is 3. The average molecular weight is 464 g/mol. The van der Waals surface area contributed by atoms with E-state index in [9.17, 15) is 18.0 Å². The lowest BCUT2D eigenvalue weighted by Gasteiger charge is -2.37. The zero-order valence-corrected chi connectivity index (χ0v) is 18.8.